The predicted molar refractivity (Wildman–Crippen MR) is 119 cm³/mol. The molecule has 1 saturated heterocycles. The Balaban J connectivity index is 2.09. The van der Waals surface area contributed by atoms with E-state index in [1.165, 1.54) is 4.90 Å². The molecule has 1 heterocycles. The molecule has 7 nitrogen and oxygen atoms in total. The quantitative estimate of drug-likeness (QED) is 0.582. The van der Waals surface area contributed by atoms with Crippen LogP contribution in [0.4, 0.5) is 0 Å². The summed E-state index contributed by atoms with van der Waals surface area (Å²) in [6, 6.07) is 7.69. The minimum absolute atomic E-state index is 0.262. The molecule has 0 aliphatic carbocycles. The minimum atomic E-state index is -0.964. The van der Waals surface area contributed by atoms with Gasteiger partial charge in [0, 0.05) is 6.54 Å². The number of carbonyl (C=O) groups excluding carboxylic acids is 2. The van der Waals surface area contributed by atoms with Gasteiger partial charge < -0.3 is 14.7 Å². The molecule has 0 saturated carbocycles. The number of aliphatic carboxylic acids is 1. The molecule has 0 aromatic heterocycles. The number of carbonyl (C=O) groups is 3. The summed E-state index contributed by atoms with van der Waals surface area (Å²) in [7, 11) is 0. The maximum atomic E-state index is 13.2. The molecule has 31 heavy (non-hydrogen) atoms. The second-order valence-corrected chi connectivity index (χ2v) is 8.16. The van der Waals surface area contributed by atoms with Crippen molar-refractivity contribution in [3.8, 4) is 0 Å². The lowest BCUT2D eigenvalue weighted by Crippen LogP contribution is -2.55. The predicted octanol–water partition coefficient (Wildman–Crippen LogP) is 3.17. The Bertz CT molecular complexity index is 709. The third-order valence-electron chi connectivity index (χ3n) is 5.78. The molecule has 7 heteroatoms. The van der Waals surface area contributed by atoms with Gasteiger partial charge in [0.15, 0.2) is 0 Å². The molecule has 2 N–H and O–H groups in total. The molecule has 0 spiro atoms. The van der Waals surface area contributed by atoms with Crippen LogP contribution < -0.4 is 5.32 Å². The van der Waals surface area contributed by atoms with Gasteiger partial charge in [0.1, 0.15) is 12.1 Å². The van der Waals surface area contributed by atoms with Gasteiger partial charge in [-0.1, -0.05) is 56.0 Å². The fourth-order valence-electron chi connectivity index (χ4n) is 4.07. The van der Waals surface area contributed by atoms with Crippen LogP contribution in [0.2, 0.25) is 0 Å². The van der Waals surface area contributed by atoms with Crippen LogP contribution in [0.5, 0.6) is 0 Å². The van der Waals surface area contributed by atoms with Crippen LogP contribution in [0.3, 0.4) is 0 Å². The van der Waals surface area contributed by atoms with Gasteiger partial charge in [-0.2, -0.15) is 0 Å². The molecule has 1 amide bonds. The summed E-state index contributed by atoms with van der Waals surface area (Å²) < 4.78 is 5.21. The van der Waals surface area contributed by atoms with Gasteiger partial charge in [0.05, 0.1) is 12.6 Å². The summed E-state index contributed by atoms with van der Waals surface area (Å²) in [4.78, 5) is 39.1. The van der Waals surface area contributed by atoms with Gasteiger partial charge in [0.25, 0.3) is 0 Å². The first-order valence-electron chi connectivity index (χ1n) is 11.4. The number of hydrogen-bond acceptors (Lipinski definition) is 5. The number of carboxylic acids is 1. The Hall–Kier alpha value is -2.41. The largest absolute Gasteiger partial charge is 0.480 e. The van der Waals surface area contributed by atoms with Crippen molar-refractivity contribution in [2.24, 2.45) is 0 Å². The van der Waals surface area contributed by atoms with Crippen molar-refractivity contribution in [2.45, 2.75) is 83.3 Å². The Morgan fingerprint density at radius 2 is 1.81 bits per heavy atom. The van der Waals surface area contributed by atoms with Crippen molar-refractivity contribution >= 4 is 17.8 Å². The van der Waals surface area contributed by atoms with Crippen LogP contribution in [0.1, 0.15) is 64.4 Å². The number of nitrogens with one attached hydrogen (secondary N) is 1. The molecule has 0 bridgehead atoms. The number of rotatable bonds is 9. The molecule has 172 valence electrons. The zero-order valence-electron chi connectivity index (χ0n) is 18.7. The first-order chi connectivity index (χ1) is 14.9. The average molecular weight is 433 g/mol. The van der Waals surface area contributed by atoms with Crippen LogP contribution in [-0.4, -0.2) is 59.1 Å². The summed E-state index contributed by atoms with van der Waals surface area (Å²) in [5, 5.41) is 12.8. The molecule has 2 rings (SSSR count). The van der Waals surface area contributed by atoms with Crippen LogP contribution in [0.15, 0.2) is 30.3 Å². The van der Waals surface area contributed by atoms with E-state index in [0.29, 0.717) is 25.8 Å². The van der Waals surface area contributed by atoms with E-state index in [4.69, 9.17) is 4.74 Å². The van der Waals surface area contributed by atoms with E-state index in [9.17, 15) is 19.5 Å². The maximum absolute atomic E-state index is 13.2. The molecule has 1 aliphatic rings. The SMILES string of the molecule is CCOC(=O)C(CCc1ccccc1)N[C@@H](C)C(=O)N1CCCCCCC[C@H]1C(=O)O. The summed E-state index contributed by atoms with van der Waals surface area (Å²) in [5.41, 5.74) is 1.10. The standard InChI is InChI=1S/C24H36N2O5/c1-3-31-24(30)20(16-15-19-12-8-7-9-13-19)25-18(2)22(27)26-17-11-6-4-5-10-14-21(26)23(28)29/h7-9,12-13,18,20-21,25H,3-6,10-11,14-17H2,1-2H3,(H,28,29)/t18-,20?,21-/m0/s1. The Kier molecular flexibility index (Phi) is 10.5. The van der Waals surface area contributed by atoms with Crippen molar-refractivity contribution < 1.29 is 24.2 Å². The summed E-state index contributed by atoms with van der Waals surface area (Å²) in [6.45, 7) is 4.14. The number of ether oxygens (including phenoxy) is 1. The molecule has 1 fully saturated rings. The van der Waals surface area contributed by atoms with Crippen molar-refractivity contribution in [3.05, 3.63) is 35.9 Å². The third-order valence-corrected chi connectivity index (χ3v) is 5.78. The van der Waals surface area contributed by atoms with E-state index in [0.717, 1.165) is 37.7 Å². The summed E-state index contributed by atoms with van der Waals surface area (Å²) in [6.07, 6.45) is 6.24. The molecular formula is C24H36N2O5. The molecule has 1 aromatic carbocycles. The fraction of sp³-hybridized carbons (Fsp3) is 0.625. The average Bonchev–Trinajstić information content (AvgIpc) is 2.88. The number of esters is 1. The van der Waals surface area contributed by atoms with Crippen LogP contribution in [-0.2, 0) is 25.5 Å². The van der Waals surface area contributed by atoms with Crippen molar-refractivity contribution in [1.82, 2.24) is 10.2 Å². The topological polar surface area (TPSA) is 95.9 Å². The van der Waals surface area contributed by atoms with E-state index in [1.807, 2.05) is 30.3 Å². The number of nitrogens with zero attached hydrogens (tertiary/aromatic N) is 1. The molecule has 1 aromatic rings. The first-order valence-corrected chi connectivity index (χ1v) is 11.4. The molecule has 1 unspecified atom stereocenters. The normalized spacial score (nSPS) is 19.4. The maximum Gasteiger partial charge on any atom is 0.326 e. The molecule has 3 atom stereocenters. The van der Waals surface area contributed by atoms with Gasteiger partial charge in [-0.15, -0.1) is 0 Å². The van der Waals surface area contributed by atoms with Gasteiger partial charge in [0.2, 0.25) is 5.91 Å². The number of hydrogen-bond donors (Lipinski definition) is 2. The van der Waals surface area contributed by atoms with Gasteiger partial charge in [-0.3, -0.25) is 14.9 Å². The van der Waals surface area contributed by atoms with Crippen LogP contribution in [0, 0.1) is 0 Å². The number of amides is 1. The van der Waals surface area contributed by atoms with Crippen molar-refractivity contribution in [3.63, 3.8) is 0 Å². The third kappa shape index (κ3) is 7.98. The lowest BCUT2D eigenvalue weighted by Gasteiger charge is -2.32. The second-order valence-electron chi connectivity index (χ2n) is 8.16. The van der Waals surface area contributed by atoms with Gasteiger partial charge in [-0.25, -0.2) is 4.79 Å². The first kappa shape index (κ1) is 24.9. The number of benzene rings is 1. The molecular weight excluding hydrogens is 396 g/mol. The highest BCUT2D eigenvalue weighted by atomic mass is 16.5. The molecule has 0 radical (unpaired) electrons. The van der Waals surface area contributed by atoms with Crippen molar-refractivity contribution in [1.29, 1.82) is 0 Å². The number of carboxylic acid groups (broad SMARTS) is 1. The van der Waals surface area contributed by atoms with E-state index in [1.54, 1.807) is 13.8 Å². The van der Waals surface area contributed by atoms with Crippen molar-refractivity contribution in [2.75, 3.05) is 13.2 Å². The van der Waals surface area contributed by atoms with E-state index < -0.39 is 30.1 Å². The number of aryl methyl sites for hydroxylation is 1. The lowest BCUT2D eigenvalue weighted by atomic mass is 10.0. The fourth-order valence-corrected chi connectivity index (χ4v) is 4.07. The highest BCUT2D eigenvalue weighted by Gasteiger charge is 2.33. The van der Waals surface area contributed by atoms with Gasteiger partial charge >= 0.3 is 11.9 Å². The highest BCUT2D eigenvalue weighted by molar-refractivity contribution is 5.87. The zero-order chi connectivity index (χ0) is 22.6. The van der Waals surface area contributed by atoms with Gasteiger partial charge in [-0.05, 0) is 45.1 Å². The Morgan fingerprint density at radius 3 is 2.48 bits per heavy atom. The Morgan fingerprint density at radius 1 is 1.13 bits per heavy atom. The summed E-state index contributed by atoms with van der Waals surface area (Å²) >= 11 is 0. The van der Waals surface area contributed by atoms with Crippen LogP contribution in [0.25, 0.3) is 0 Å². The van der Waals surface area contributed by atoms with Crippen LogP contribution >= 0.6 is 0 Å². The summed E-state index contributed by atoms with van der Waals surface area (Å²) in [5.74, 6) is -1.63. The second kappa shape index (κ2) is 13.1. The van der Waals surface area contributed by atoms with E-state index in [-0.39, 0.29) is 12.5 Å². The smallest absolute Gasteiger partial charge is 0.326 e. The Labute approximate surface area is 185 Å². The van der Waals surface area contributed by atoms with E-state index in [2.05, 4.69) is 5.32 Å². The lowest BCUT2D eigenvalue weighted by molar-refractivity contribution is -0.152. The monoisotopic (exact) mass is 432 g/mol. The minimum Gasteiger partial charge on any atom is -0.480 e. The molecule has 1 aliphatic heterocycles. The zero-order valence-corrected chi connectivity index (χ0v) is 18.7. The van der Waals surface area contributed by atoms with E-state index >= 15 is 0 Å². The highest BCUT2D eigenvalue weighted by Crippen LogP contribution is 2.18.